The van der Waals surface area contributed by atoms with Gasteiger partial charge in [0, 0.05) is 5.56 Å². The Morgan fingerprint density at radius 3 is 2.44 bits per heavy atom. The molecule has 0 aromatic heterocycles. The lowest BCUT2D eigenvalue weighted by Crippen LogP contribution is -2.17. The molecule has 4 nitrogen and oxygen atoms in total. The second kappa shape index (κ2) is 7.46. The first-order chi connectivity index (χ1) is 12.0. The molecule has 0 unspecified atom stereocenters. The highest BCUT2D eigenvalue weighted by molar-refractivity contribution is 6.44. The number of ketones is 1. The smallest absolute Gasteiger partial charge is 0.306 e. The third kappa shape index (κ3) is 3.80. The number of hydrogen-bond acceptors (Lipinski definition) is 3. The van der Waals surface area contributed by atoms with Crippen molar-refractivity contribution in [3.8, 4) is 5.75 Å². The largest absolute Gasteiger partial charge is 0.490 e. The molecular formula is C19H16Cl2O4. The normalized spacial score (nSPS) is 19.6. The number of carboxylic acids is 1. The quantitative estimate of drug-likeness (QED) is 0.754. The molecule has 130 valence electrons. The molecule has 2 aromatic rings. The molecule has 0 radical (unpaired) electrons. The molecule has 2 aromatic carbocycles. The maximum Gasteiger partial charge on any atom is 0.306 e. The van der Waals surface area contributed by atoms with E-state index in [0.717, 1.165) is 0 Å². The molecule has 2 atom stereocenters. The highest BCUT2D eigenvalue weighted by Crippen LogP contribution is 2.33. The summed E-state index contributed by atoms with van der Waals surface area (Å²) < 4.78 is 5.94. The van der Waals surface area contributed by atoms with Crippen molar-refractivity contribution in [3.63, 3.8) is 0 Å². The van der Waals surface area contributed by atoms with Crippen LogP contribution in [0.1, 0.15) is 35.2 Å². The monoisotopic (exact) mass is 378 g/mol. The van der Waals surface area contributed by atoms with E-state index in [9.17, 15) is 9.59 Å². The van der Waals surface area contributed by atoms with Gasteiger partial charge in [-0.05, 0) is 43.5 Å². The zero-order valence-electron chi connectivity index (χ0n) is 13.2. The van der Waals surface area contributed by atoms with Crippen LogP contribution in [0.15, 0.2) is 42.5 Å². The lowest BCUT2D eigenvalue weighted by Gasteiger charge is -2.16. The van der Waals surface area contributed by atoms with Gasteiger partial charge in [0.2, 0.25) is 0 Å². The van der Waals surface area contributed by atoms with E-state index in [2.05, 4.69) is 0 Å². The minimum Gasteiger partial charge on any atom is -0.490 e. The van der Waals surface area contributed by atoms with Gasteiger partial charge in [-0.25, -0.2) is 0 Å². The van der Waals surface area contributed by atoms with Crippen LogP contribution in [0.4, 0.5) is 0 Å². The molecule has 6 heteroatoms. The van der Waals surface area contributed by atoms with E-state index in [4.69, 9.17) is 33.0 Å². The van der Waals surface area contributed by atoms with E-state index >= 15 is 0 Å². The minimum atomic E-state index is -0.804. The zero-order valence-corrected chi connectivity index (χ0v) is 14.8. The number of aliphatic carboxylic acids is 1. The fraction of sp³-hybridized carbons (Fsp3) is 0.263. The lowest BCUT2D eigenvalue weighted by molar-refractivity contribution is -0.141. The third-order valence-electron chi connectivity index (χ3n) is 4.36. The number of carbonyl (C=O) groups excluding carboxylic acids is 1. The first-order valence-corrected chi connectivity index (χ1v) is 8.70. The summed E-state index contributed by atoms with van der Waals surface area (Å²) in [6, 6.07) is 11.8. The Kier molecular flexibility index (Phi) is 5.30. The lowest BCUT2D eigenvalue weighted by atomic mass is 10.0. The van der Waals surface area contributed by atoms with Crippen LogP contribution in [0.2, 0.25) is 10.0 Å². The van der Waals surface area contributed by atoms with Gasteiger partial charge in [0.25, 0.3) is 0 Å². The summed E-state index contributed by atoms with van der Waals surface area (Å²) in [6.07, 6.45) is 1.45. The molecular weight excluding hydrogens is 363 g/mol. The maximum atomic E-state index is 12.9. The molecule has 0 bridgehead atoms. The predicted octanol–water partition coefficient (Wildman–Crippen LogP) is 4.86. The summed E-state index contributed by atoms with van der Waals surface area (Å²) >= 11 is 12.2. The Morgan fingerprint density at radius 2 is 1.72 bits per heavy atom. The van der Waals surface area contributed by atoms with Crippen molar-refractivity contribution >= 4 is 35.0 Å². The average molecular weight is 379 g/mol. The van der Waals surface area contributed by atoms with Crippen molar-refractivity contribution in [1.29, 1.82) is 0 Å². The molecule has 1 N–H and O–H groups in total. The number of ether oxygens (including phenoxy) is 1. The van der Waals surface area contributed by atoms with E-state index in [0.29, 0.717) is 41.2 Å². The van der Waals surface area contributed by atoms with Crippen molar-refractivity contribution < 1.29 is 19.4 Å². The van der Waals surface area contributed by atoms with Crippen LogP contribution in [0.5, 0.6) is 5.75 Å². The second-order valence-electron chi connectivity index (χ2n) is 6.01. The van der Waals surface area contributed by atoms with E-state index in [1.54, 1.807) is 42.5 Å². The van der Waals surface area contributed by atoms with E-state index in [1.165, 1.54) is 0 Å². The molecule has 0 amide bonds. The van der Waals surface area contributed by atoms with Gasteiger partial charge in [0.1, 0.15) is 5.75 Å². The van der Waals surface area contributed by atoms with Gasteiger partial charge < -0.3 is 9.84 Å². The molecule has 1 fully saturated rings. The Labute approximate surface area is 155 Å². The van der Waals surface area contributed by atoms with Crippen molar-refractivity contribution in [1.82, 2.24) is 0 Å². The van der Waals surface area contributed by atoms with Crippen LogP contribution >= 0.6 is 23.2 Å². The Morgan fingerprint density at radius 1 is 1.00 bits per heavy atom. The molecule has 1 aliphatic carbocycles. The van der Waals surface area contributed by atoms with Gasteiger partial charge in [-0.3, -0.25) is 9.59 Å². The maximum absolute atomic E-state index is 12.9. The SMILES string of the molecule is O=C(c1ccccc1O[C@H]1CC[C@H](C(=O)O)C1)c1cccc(Cl)c1Cl. The van der Waals surface area contributed by atoms with Gasteiger partial charge in [-0.2, -0.15) is 0 Å². The van der Waals surface area contributed by atoms with Crippen molar-refractivity contribution in [2.45, 2.75) is 25.4 Å². The van der Waals surface area contributed by atoms with Crippen molar-refractivity contribution in [3.05, 3.63) is 63.6 Å². The van der Waals surface area contributed by atoms with Gasteiger partial charge in [0.05, 0.1) is 27.6 Å². The fourth-order valence-corrected chi connectivity index (χ4v) is 3.42. The molecule has 0 saturated heterocycles. The Bertz CT molecular complexity index is 819. The summed E-state index contributed by atoms with van der Waals surface area (Å²) in [5, 5.41) is 9.62. The Balaban J connectivity index is 1.85. The van der Waals surface area contributed by atoms with Crippen molar-refractivity contribution in [2.24, 2.45) is 5.92 Å². The van der Waals surface area contributed by atoms with E-state index in [-0.39, 0.29) is 16.9 Å². The van der Waals surface area contributed by atoms with Gasteiger partial charge in [0.15, 0.2) is 5.78 Å². The minimum absolute atomic E-state index is 0.204. The highest BCUT2D eigenvalue weighted by Gasteiger charge is 2.31. The van der Waals surface area contributed by atoms with Gasteiger partial charge in [-0.15, -0.1) is 0 Å². The summed E-state index contributed by atoms with van der Waals surface area (Å²) in [6.45, 7) is 0. The first kappa shape index (κ1) is 17.8. The number of carboxylic acid groups (broad SMARTS) is 1. The van der Waals surface area contributed by atoms with Crippen molar-refractivity contribution in [2.75, 3.05) is 0 Å². The number of hydrogen-bond donors (Lipinski definition) is 1. The molecule has 0 aliphatic heterocycles. The summed E-state index contributed by atoms with van der Waals surface area (Å²) in [5.74, 6) is -1.05. The molecule has 0 spiro atoms. The van der Waals surface area contributed by atoms with Crippen LogP contribution < -0.4 is 4.74 Å². The molecule has 1 saturated carbocycles. The second-order valence-corrected chi connectivity index (χ2v) is 6.80. The molecule has 25 heavy (non-hydrogen) atoms. The topological polar surface area (TPSA) is 63.6 Å². The van der Waals surface area contributed by atoms with E-state index in [1.807, 2.05) is 0 Å². The predicted molar refractivity (Wildman–Crippen MR) is 95.7 cm³/mol. The van der Waals surface area contributed by atoms with E-state index < -0.39 is 11.9 Å². The number of benzene rings is 2. The molecule has 0 heterocycles. The van der Waals surface area contributed by atoms with Crippen LogP contribution in [0.3, 0.4) is 0 Å². The number of halogens is 2. The summed E-state index contributed by atoms with van der Waals surface area (Å²) in [4.78, 5) is 24.0. The van der Waals surface area contributed by atoms with Crippen LogP contribution in [-0.2, 0) is 4.79 Å². The van der Waals surface area contributed by atoms with Crippen LogP contribution in [0.25, 0.3) is 0 Å². The van der Waals surface area contributed by atoms with Crippen LogP contribution in [-0.4, -0.2) is 23.0 Å². The zero-order chi connectivity index (χ0) is 18.0. The summed E-state index contributed by atoms with van der Waals surface area (Å²) in [5.41, 5.74) is 0.686. The highest BCUT2D eigenvalue weighted by atomic mass is 35.5. The molecule has 3 rings (SSSR count). The number of para-hydroxylation sites is 1. The van der Waals surface area contributed by atoms with Gasteiger partial charge in [-0.1, -0.05) is 41.4 Å². The first-order valence-electron chi connectivity index (χ1n) is 7.94. The standard InChI is InChI=1S/C19H16Cl2O4/c20-15-6-3-5-14(17(15)21)18(22)13-4-1-2-7-16(13)25-12-9-8-11(10-12)19(23)24/h1-7,11-12H,8-10H2,(H,23,24)/t11-,12-/m0/s1. The van der Waals surface area contributed by atoms with Crippen LogP contribution in [0, 0.1) is 5.92 Å². The number of carbonyl (C=O) groups is 2. The average Bonchev–Trinajstić information content (AvgIpc) is 3.06. The summed E-state index contributed by atoms with van der Waals surface area (Å²) in [7, 11) is 0. The van der Waals surface area contributed by atoms with Gasteiger partial charge >= 0.3 is 5.97 Å². The Hall–Kier alpha value is -2.04. The molecule has 1 aliphatic rings. The third-order valence-corrected chi connectivity index (χ3v) is 5.17. The number of rotatable bonds is 5. The fourth-order valence-electron chi connectivity index (χ4n) is 3.03.